The Hall–Kier alpha value is -2.02. The third-order valence-corrected chi connectivity index (χ3v) is 3.41. The summed E-state index contributed by atoms with van der Waals surface area (Å²) < 4.78 is 0. The van der Waals surface area contributed by atoms with Crippen LogP contribution in [-0.4, -0.2) is 11.1 Å². The number of nitro groups is 1. The summed E-state index contributed by atoms with van der Waals surface area (Å²) in [4.78, 5) is 10.1. The van der Waals surface area contributed by atoms with Gasteiger partial charge in [0.15, 0.2) is 0 Å². The average molecular weight is 360 g/mol. The van der Waals surface area contributed by atoms with E-state index in [-0.39, 0.29) is 21.3 Å². The lowest BCUT2D eigenvalue weighted by atomic mass is 10.2. The quantitative estimate of drug-likeness (QED) is 0.506. The van der Waals surface area contributed by atoms with Crippen molar-refractivity contribution in [3.8, 4) is 5.75 Å². The molecule has 2 rings (SSSR count). The molecule has 114 valence electrons. The molecule has 0 unspecified atom stereocenters. The van der Waals surface area contributed by atoms with Gasteiger partial charge in [0.05, 0.1) is 26.9 Å². The molecule has 6 nitrogen and oxygen atoms in total. The molecule has 0 saturated heterocycles. The van der Waals surface area contributed by atoms with Crippen LogP contribution < -0.4 is 10.5 Å². The molecule has 9 heteroatoms. The average Bonchev–Trinajstić information content (AvgIpc) is 2.43. The number of nitro benzene ring substituents is 1. The first kappa shape index (κ1) is 16.4. The van der Waals surface area contributed by atoms with Crippen LogP contribution in [0.3, 0.4) is 0 Å². The van der Waals surface area contributed by atoms with E-state index in [2.05, 4.69) is 10.5 Å². The maximum Gasteiger partial charge on any atom is 0.270 e. The number of benzene rings is 2. The van der Waals surface area contributed by atoms with Crippen molar-refractivity contribution < 1.29 is 10.0 Å². The fraction of sp³-hybridized carbons (Fsp3) is 0. The van der Waals surface area contributed by atoms with Gasteiger partial charge < -0.3 is 5.11 Å². The molecule has 0 aromatic heterocycles. The van der Waals surface area contributed by atoms with Crippen LogP contribution in [0.15, 0.2) is 35.4 Å². The predicted octanol–water partition coefficient (Wildman–Crippen LogP) is 4.07. The summed E-state index contributed by atoms with van der Waals surface area (Å²) in [6, 6.07) is 6.29. The van der Waals surface area contributed by atoms with Crippen molar-refractivity contribution in [2.75, 3.05) is 5.43 Å². The van der Waals surface area contributed by atoms with E-state index in [9.17, 15) is 15.2 Å². The van der Waals surface area contributed by atoms with Gasteiger partial charge in [-0.05, 0) is 17.7 Å². The van der Waals surface area contributed by atoms with Crippen LogP contribution >= 0.6 is 34.8 Å². The van der Waals surface area contributed by atoms with Crippen LogP contribution in [-0.2, 0) is 0 Å². The summed E-state index contributed by atoms with van der Waals surface area (Å²) in [5, 5.41) is 27.0. The summed E-state index contributed by atoms with van der Waals surface area (Å²) in [6.07, 6.45) is 1.15. The number of nitrogens with zero attached hydrogens (tertiary/aromatic N) is 2. The first-order valence-corrected chi connectivity index (χ1v) is 6.91. The van der Waals surface area contributed by atoms with Crippen LogP contribution in [0.2, 0.25) is 15.1 Å². The van der Waals surface area contributed by atoms with Crippen LogP contribution in [0, 0.1) is 10.1 Å². The van der Waals surface area contributed by atoms with E-state index in [1.807, 2.05) is 0 Å². The molecule has 0 heterocycles. The highest BCUT2D eigenvalue weighted by molar-refractivity contribution is 6.41. The monoisotopic (exact) mass is 358 g/mol. The predicted molar refractivity (Wildman–Crippen MR) is 85.2 cm³/mol. The Morgan fingerprint density at radius 2 is 1.77 bits per heavy atom. The Kier molecular flexibility index (Phi) is 5.07. The second-order valence-electron chi connectivity index (χ2n) is 4.09. The smallest absolute Gasteiger partial charge is 0.270 e. The van der Waals surface area contributed by atoms with E-state index in [1.165, 1.54) is 12.1 Å². The highest BCUT2D eigenvalue weighted by Crippen LogP contribution is 2.33. The van der Waals surface area contributed by atoms with Gasteiger partial charge in [0.2, 0.25) is 0 Å². The lowest BCUT2D eigenvalue weighted by molar-refractivity contribution is -0.385. The van der Waals surface area contributed by atoms with Gasteiger partial charge in [-0.2, -0.15) is 5.10 Å². The molecule has 0 radical (unpaired) electrons. The van der Waals surface area contributed by atoms with Gasteiger partial charge in [-0.3, -0.25) is 15.5 Å². The van der Waals surface area contributed by atoms with Crippen molar-refractivity contribution in [1.29, 1.82) is 0 Å². The van der Waals surface area contributed by atoms with Gasteiger partial charge in [-0.15, -0.1) is 0 Å². The highest BCUT2D eigenvalue weighted by Gasteiger charge is 2.07. The molecule has 0 bridgehead atoms. The number of rotatable bonds is 4. The first-order valence-electron chi connectivity index (χ1n) is 5.77. The Morgan fingerprint density at radius 1 is 1.14 bits per heavy atom. The molecular weight excluding hydrogens is 353 g/mol. The van der Waals surface area contributed by atoms with Crippen molar-refractivity contribution in [3.05, 3.63) is 61.1 Å². The molecular formula is C13H7Cl3N3O3-. The molecule has 0 saturated carbocycles. The topological polar surface area (TPSA) is 90.6 Å². The van der Waals surface area contributed by atoms with E-state index in [4.69, 9.17) is 34.8 Å². The SMILES string of the molecule is O=[N+]([O-])c1ccc([O-])c(/C=N\Nc2c(Cl)cc(Cl)cc2Cl)c1. The van der Waals surface area contributed by atoms with E-state index < -0.39 is 10.7 Å². The molecule has 2 aromatic rings. The molecule has 2 aromatic carbocycles. The number of anilines is 1. The maximum absolute atomic E-state index is 11.6. The Labute approximate surface area is 140 Å². The lowest BCUT2D eigenvalue weighted by Gasteiger charge is -2.09. The van der Waals surface area contributed by atoms with Crippen LogP contribution in [0.4, 0.5) is 11.4 Å². The Morgan fingerprint density at radius 3 is 2.36 bits per heavy atom. The lowest BCUT2D eigenvalue weighted by Crippen LogP contribution is -1.99. The third kappa shape index (κ3) is 3.79. The third-order valence-electron chi connectivity index (χ3n) is 2.59. The molecule has 0 fully saturated rings. The fourth-order valence-corrected chi connectivity index (χ4v) is 2.47. The van der Waals surface area contributed by atoms with Gasteiger partial charge in [0, 0.05) is 17.2 Å². The second kappa shape index (κ2) is 6.83. The fourth-order valence-electron chi connectivity index (χ4n) is 1.57. The number of hydrazone groups is 1. The summed E-state index contributed by atoms with van der Waals surface area (Å²) >= 11 is 17.7. The second-order valence-corrected chi connectivity index (χ2v) is 5.34. The van der Waals surface area contributed by atoms with E-state index in [0.29, 0.717) is 10.7 Å². The van der Waals surface area contributed by atoms with Crippen molar-refractivity contribution in [3.63, 3.8) is 0 Å². The summed E-state index contributed by atoms with van der Waals surface area (Å²) in [5.74, 6) is -0.399. The Balaban J connectivity index is 2.23. The number of nitrogens with one attached hydrogen (secondary N) is 1. The summed E-state index contributed by atoms with van der Waals surface area (Å²) in [7, 11) is 0. The highest BCUT2D eigenvalue weighted by atomic mass is 35.5. The number of hydrogen-bond acceptors (Lipinski definition) is 5. The molecule has 0 spiro atoms. The van der Waals surface area contributed by atoms with Crippen LogP contribution in [0.25, 0.3) is 0 Å². The van der Waals surface area contributed by atoms with E-state index in [1.54, 1.807) is 0 Å². The molecule has 0 amide bonds. The van der Waals surface area contributed by atoms with Crippen LogP contribution in [0.5, 0.6) is 5.75 Å². The maximum atomic E-state index is 11.6. The van der Waals surface area contributed by atoms with Crippen molar-refractivity contribution in [1.82, 2.24) is 0 Å². The number of hydrogen-bond donors (Lipinski definition) is 1. The van der Waals surface area contributed by atoms with Gasteiger partial charge in [0.1, 0.15) is 0 Å². The molecule has 0 atom stereocenters. The largest absolute Gasteiger partial charge is 0.872 e. The van der Waals surface area contributed by atoms with Crippen molar-refractivity contribution >= 4 is 52.4 Å². The molecule has 1 N–H and O–H groups in total. The van der Waals surface area contributed by atoms with Gasteiger partial charge >= 0.3 is 0 Å². The van der Waals surface area contributed by atoms with Gasteiger partial charge in [0.25, 0.3) is 5.69 Å². The van der Waals surface area contributed by atoms with Gasteiger partial charge in [-0.1, -0.05) is 46.6 Å². The van der Waals surface area contributed by atoms with Gasteiger partial charge in [-0.25, -0.2) is 0 Å². The zero-order valence-corrected chi connectivity index (χ0v) is 13.0. The number of non-ortho nitro benzene ring substituents is 1. The minimum atomic E-state index is -0.600. The summed E-state index contributed by atoms with van der Waals surface area (Å²) in [6.45, 7) is 0. The zero-order valence-electron chi connectivity index (χ0n) is 10.7. The standard InChI is InChI=1S/C13H8Cl3N3O3/c14-8-4-10(15)13(11(16)5-8)18-17-6-7-3-9(19(21)22)1-2-12(7)20/h1-6,18,20H/p-1/b17-6-. The molecule has 0 aliphatic rings. The molecule has 0 aliphatic carbocycles. The summed E-state index contributed by atoms with van der Waals surface area (Å²) in [5.41, 5.74) is 2.73. The van der Waals surface area contributed by atoms with Crippen molar-refractivity contribution in [2.24, 2.45) is 5.10 Å². The molecule has 22 heavy (non-hydrogen) atoms. The minimum absolute atomic E-state index is 0.0582. The number of halogens is 3. The van der Waals surface area contributed by atoms with E-state index in [0.717, 1.165) is 24.4 Å². The normalized spacial score (nSPS) is 10.9. The minimum Gasteiger partial charge on any atom is -0.872 e. The Bertz CT molecular complexity index is 742. The van der Waals surface area contributed by atoms with Crippen LogP contribution in [0.1, 0.15) is 5.56 Å². The first-order chi connectivity index (χ1) is 10.4. The van der Waals surface area contributed by atoms with E-state index >= 15 is 0 Å². The van der Waals surface area contributed by atoms with Crippen molar-refractivity contribution in [2.45, 2.75) is 0 Å². The molecule has 0 aliphatic heterocycles. The zero-order chi connectivity index (χ0) is 16.3.